The minimum atomic E-state index is -0.0816. The van der Waals surface area contributed by atoms with Gasteiger partial charge in [-0.25, -0.2) is 44.9 Å². The lowest BCUT2D eigenvalue weighted by Crippen LogP contribution is -2.36. The Bertz CT molecular complexity index is 5460. The molecule has 0 bridgehead atoms. The summed E-state index contributed by atoms with van der Waals surface area (Å²) in [4.78, 5) is 54.4. The molecule has 0 unspecified atom stereocenters. The Balaban J connectivity index is 0.000000138. The number of halogens is 1. The lowest BCUT2D eigenvalue weighted by atomic mass is 10.1. The molecule has 0 saturated carbocycles. The Morgan fingerprint density at radius 3 is 1.02 bits per heavy atom. The van der Waals surface area contributed by atoms with Crippen LogP contribution in [0.3, 0.4) is 0 Å². The van der Waals surface area contributed by atoms with Crippen molar-refractivity contribution >= 4 is 17.3 Å². The molecule has 632 valence electrons. The molecule has 5 aliphatic rings. The number of methoxy groups -OCH3 is 1. The molecule has 5 aliphatic heterocycles. The highest BCUT2D eigenvalue weighted by Crippen LogP contribution is 2.34. The summed E-state index contributed by atoms with van der Waals surface area (Å²) in [6.45, 7) is 8.70. The molecular formula is C94H93ClN18O11. The van der Waals surface area contributed by atoms with Gasteiger partial charge in [-0.1, -0.05) is 18.2 Å². The number of nitrogens with two attached hydrogens (primary N) is 1. The topological polar surface area (TPSA) is 403 Å². The second kappa shape index (κ2) is 46.0. The molecule has 124 heavy (non-hydrogen) atoms. The molecule has 13 heterocycles. The summed E-state index contributed by atoms with van der Waals surface area (Å²) in [7, 11) is 1.59. The quantitative estimate of drug-likeness (QED) is 0.0501. The van der Waals surface area contributed by atoms with Gasteiger partial charge < -0.3 is 58.6 Å². The number of aliphatic hydroxyl groups excluding tert-OH is 2. The van der Waals surface area contributed by atoms with Gasteiger partial charge in [-0.2, -0.15) is 21.0 Å². The fourth-order valence-corrected chi connectivity index (χ4v) is 13.8. The average Bonchev–Trinajstić information content (AvgIpc) is 0.832. The number of nitrogens with zero attached hydrogens (tertiary/aromatic N) is 17. The first-order valence-electron chi connectivity index (χ1n) is 41.0. The Hall–Kier alpha value is -13.4. The third-order valence-corrected chi connectivity index (χ3v) is 20.7. The minimum Gasteiger partial charge on any atom is -0.489 e. The maximum Gasteiger partial charge on any atom is 0.222 e. The first-order chi connectivity index (χ1) is 60.8. The van der Waals surface area contributed by atoms with Crippen LogP contribution in [-0.2, 0) is 58.0 Å². The number of hydrogen-bond donors (Lipinski definition) is 3. The standard InChI is InChI=1S/C26H27N5O2.2C23H22N4O3.C16H14ClN3O2.C6H8N2O/c27-16-21-15-20(3-5-25(21)33-23-7-12-32-13-8-23)24-6-9-28-26(30-24)14-19-2-4-22(29-17-19)18-31-10-1-11-31;1-28-23-5-2-16(15-26-23)12-22-25-9-6-20(27-22)17-3-4-21(18(13-17)14-24)30-19-7-10-29-11-8-19;24-13-18-12-17(2-4-22(18)30-20-6-9-29-10-7-20)21-5-8-25-23(27-21)11-16-1-3-19(15-28)26-14-16;17-16-19-6-3-14(20-16)11-1-2-15(12(9-11)10-18)22-13-4-7-21-8-5-13;7-5-1-2-6(4-9)8-3-5/h2-6,9,15,17,23H,1,7-8,10-14,18H2;2-6,9,13,15,19H,7-8,10-12H2,1H3;1-5,8,12,14,20,28H,6-7,9-11,15H2;1-3,6,9,13H,4-5,7-8H2;1-3,9H,4,7H2. The van der Waals surface area contributed by atoms with Crippen LogP contribution in [0.2, 0.25) is 5.28 Å². The highest BCUT2D eigenvalue weighted by atomic mass is 35.5. The molecule has 4 N–H and O–H groups in total. The van der Waals surface area contributed by atoms with Crippen molar-refractivity contribution in [2.75, 3.05) is 78.8 Å². The van der Waals surface area contributed by atoms with Crippen molar-refractivity contribution < 1.29 is 52.8 Å². The molecule has 0 spiro atoms. The summed E-state index contributed by atoms with van der Waals surface area (Å²) in [5.41, 5.74) is 19.7. The van der Waals surface area contributed by atoms with Crippen molar-refractivity contribution in [1.29, 1.82) is 21.0 Å². The monoisotopic (exact) mass is 1680 g/mol. The van der Waals surface area contributed by atoms with E-state index in [4.69, 9.17) is 75.2 Å². The SMILES string of the molecule is COc1ccc(Cc2nccc(-c3ccc(OC4CCOCC4)c(C#N)c3)n2)cn1.N#Cc1cc(-c2ccnc(Cc3ccc(CN4CCC4)nc3)n2)ccc1OC1CCOCC1.N#Cc1cc(-c2ccnc(Cc3ccc(CO)nc3)n2)ccc1OC1CCOCC1.N#Cc1cc(-c2ccnc(Cl)n2)ccc1OC1CCOCC1.Nc1ccc(CO)nc1. The summed E-state index contributed by atoms with van der Waals surface area (Å²) in [6, 6.07) is 53.5. The van der Waals surface area contributed by atoms with Crippen LogP contribution in [0.5, 0.6) is 28.9 Å². The minimum absolute atomic E-state index is 0.0275. The Morgan fingerprint density at radius 1 is 0.395 bits per heavy atom. The number of rotatable bonds is 23. The van der Waals surface area contributed by atoms with Crippen LogP contribution in [0.25, 0.3) is 45.0 Å². The average molecular weight is 1690 g/mol. The van der Waals surface area contributed by atoms with Crippen LogP contribution in [0.4, 0.5) is 5.69 Å². The van der Waals surface area contributed by atoms with Crippen molar-refractivity contribution in [3.05, 3.63) is 274 Å². The van der Waals surface area contributed by atoms with Gasteiger partial charge in [-0.05, 0) is 169 Å². The van der Waals surface area contributed by atoms with Crippen molar-refractivity contribution in [2.45, 2.75) is 121 Å². The van der Waals surface area contributed by atoms with Crippen LogP contribution in [0.15, 0.2) is 195 Å². The molecule has 0 aliphatic carbocycles. The highest BCUT2D eigenvalue weighted by Gasteiger charge is 2.24. The summed E-state index contributed by atoms with van der Waals surface area (Å²) in [5.74, 6) is 5.05. The number of nitrogen functional groups attached to an aromatic ring is 1. The van der Waals surface area contributed by atoms with E-state index in [1.165, 1.54) is 25.7 Å². The van der Waals surface area contributed by atoms with E-state index < -0.39 is 0 Å². The normalized spacial score (nSPS) is 14.7. The van der Waals surface area contributed by atoms with E-state index in [1.54, 1.807) is 86.8 Å². The van der Waals surface area contributed by atoms with Gasteiger partial charge >= 0.3 is 0 Å². The number of aromatic nitrogens is 12. The molecule has 4 aromatic carbocycles. The number of benzene rings is 4. The summed E-state index contributed by atoms with van der Waals surface area (Å²) < 4.78 is 50.6. The fraction of sp³-hybridized carbons (Fsp3) is 0.319. The van der Waals surface area contributed by atoms with Gasteiger partial charge in [0.05, 0.1) is 147 Å². The van der Waals surface area contributed by atoms with Crippen LogP contribution in [-0.4, -0.2) is 172 Å². The van der Waals surface area contributed by atoms with Crippen LogP contribution < -0.4 is 29.4 Å². The predicted molar refractivity (Wildman–Crippen MR) is 460 cm³/mol. The maximum absolute atomic E-state index is 9.67. The molecule has 0 atom stereocenters. The van der Waals surface area contributed by atoms with Crippen LogP contribution in [0, 0.1) is 45.3 Å². The number of aliphatic hydroxyl groups is 2. The molecule has 8 aromatic heterocycles. The second-order valence-electron chi connectivity index (χ2n) is 29.4. The lowest BCUT2D eigenvalue weighted by Gasteiger charge is -2.30. The van der Waals surface area contributed by atoms with Crippen molar-refractivity contribution in [3.8, 4) is 98.2 Å². The smallest absolute Gasteiger partial charge is 0.222 e. The molecule has 0 amide bonds. The van der Waals surface area contributed by atoms with E-state index in [1.807, 2.05) is 97.2 Å². The van der Waals surface area contributed by atoms with Crippen LogP contribution >= 0.6 is 11.6 Å². The van der Waals surface area contributed by atoms with Gasteiger partial charge in [0.1, 0.15) is 89.2 Å². The molecule has 12 aromatic rings. The van der Waals surface area contributed by atoms with Crippen LogP contribution in [0.1, 0.15) is 131 Å². The van der Waals surface area contributed by atoms with Gasteiger partial charge in [-0.3, -0.25) is 19.9 Å². The van der Waals surface area contributed by atoms with E-state index in [-0.39, 0.29) is 42.9 Å². The molecule has 5 fully saturated rings. The molecular weight excluding hydrogens is 1590 g/mol. The van der Waals surface area contributed by atoms with Gasteiger partial charge in [0.2, 0.25) is 11.2 Å². The third-order valence-electron chi connectivity index (χ3n) is 20.5. The lowest BCUT2D eigenvalue weighted by molar-refractivity contribution is 0.0252. The molecule has 5 saturated heterocycles. The van der Waals surface area contributed by atoms with Gasteiger partial charge in [0.25, 0.3) is 0 Å². The number of nitriles is 4. The van der Waals surface area contributed by atoms with E-state index in [2.05, 4.69) is 96.1 Å². The number of pyridine rings is 4. The fourth-order valence-electron chi connectivity index (χ4n) is 13.6. The number of anilines is 1. The molecule has 0 radical (unpaired) electrons. The van der Waals surface area contributed by atoms with E-state index in [9.17, 15) is 21.0 Å². The Morgan fingerprint density at radius 2 is 0.726 bits per heavy atom. The first-order valence-corrected chi connectivity index (χ1v) is 41.3. The van der Waals surface area contributed by atoms with Gasteiger partial charge in [0.15, 0.2) is 0 Å². The van der Waals surface area contributed by atoms with Gasteiger partial charge in [-0.15, -0.1) is 0 Å². The van der Waals surface area contributed by atoms with Crippen molar-refractivity contribution in [2.24, 2.45) is 0 Å². The third kappa shape index (κ3) is 26.3. The molecule has 29 nitrogen and oxygen atoms in total. The summed E-state index contributed by atoms with van der Waals surface area (Å²) >= 11 is 5.80. The zero-order valence-corrected chi connectivity index (χ0v) is 69.3. The largest absolute Gasteiger partial charge is 0.489 e. The van der Waals surface area contributed by atoms with E-state index >= 15 is 0 Å². The second-order valence-corrected chi connectivity index (χ2v) is 29.7. The van der Waals surface area contributed by atoms with Crippen molar-refractivity contribution in [1.82, 2.24) is 64.7 Å². The molecule has 17 rings (SSSR count). The number of hydrogen-bond acceptors (Lipinski definition) is 29. The maximum atomic E-state index is 9.67. The Kier molecular flexibility index (Phi) is 32.8. The zero-order valence-electron chi connectivity index (χ0n) is 68.6. The van der Waals surface area contributed by atoms with E-state index in [0.717, 1.165) is 125 Å². The molecule has 30 heteroatoms. The van der Waals surface area contributed by atoms with Gasteiger partial charge in [0, 0.05) is 149 Å². The summed E-state index contributed by atoms with van der Waals surface area (Å²) in [5, 5.41) is 56.0. The number of likely N-dealkylation sites (tertiary alicyclic amines) is 1. The van der Waals surface area contributed by atoms with Crippen molar-refractivity contribution in [3.63, 3.8) is 0 Å². The summed E-state index contributed by atoms with van der Waals surface area (Å²) in [6.07, 6.45) is 23.7. The van der Waals surface area contributed by atoms with E-state index in [0.29, 0.717) is 158 Å². The Labute approximate surface area is 724 Å². The predicted octanol–water partition coefficient (Wildman–Crippen LogP) is 13.8. The first kappa shape index (κ1) is 88.4. The number of ether oxygens (including phenoxy) is 9. The highest BCUT2D eigenvalue weighted by molar-refractivity contribution is 6.28. The zero-order chi connectivity index (χ0) is 86.0.